The lowest BCUT2D eigenvalue weighted by atomic mass is 9.78. The lowest BCUT2D eigenvalue weighted by molar-refractivity contribution is -0.160. The van der Waals surface area contributed by atoms with Crippen molar-refractivity contribution in [3.8, 4) is 0 Å². The van der Waals surface area contributed by atoms with Crippen molar-refractivity contribution < 1.29 is 22.7 Å². The highest BCUT2D eigenvalue weighted by Gasteiger charge is 2.35. The van der Waals surface area contributed by atoms with Crippen LogP contribution in [0, 0.1) is 31.6 Å². The predicted octanol–water partition coefficient (Wildman–Crippen LogP) is 3.58. The molecule has 1 aromatic rings. The molecule has 0 spiro atoms. The Hall–Kier alpha value is -1.93. The molecule has 0 aromatic heterocycles. The van der Waals surface area contributed by atoms with Gasteiger partial charge < -0.3 is 10.1 Å². The van der Waals surface area contributed by atoms with E-state index in [9.17, 15) is 18.0 Å². The maximum absolute atomic E-state index is 13.1. The molecule has 1 aliphatic carbocycles. The molecule has 2 fully saturated rings. The normalized spacial score (nSPS) is 25.9. The van der Waals surface area contributed by atoms with E-state index in [1.165, 1.54) is 10.7 Å². The minimum atomic E-state index is -3.60. The largest absolute Gasteiger partial charge is 0.452 e. The van der Waals surface area contributed by atoms with Gasteiger partial charge in [-0.2, -0.15) is 4.31 Å². The fourth-order valence-corrected chi connectivity index (χ4v) is 6.64. The summed E-state index contributed by atoms with van der Waals surface area (Å²) in [6.45, 7) is 10.2. The van der Waals surface area contributed by atoms with Crippen LogP contribution in [0.4, 0.5) is 0 Å². The first-order valence-corrected chi connectivity index (χ1v) is 13.5. The highest BCUT2D eigenvalue weighted by molar-refractivity contribution is 7.89. The second kappa shape index (κ2) is 10.6. The van der Waals surface area contributed by atoms with Crippen LogP contribution < -0.4 is 5.32 Å². The highest BCUT2D eigenvalue weighted by Crippen LogP contribution is 2.30. The Morgan fingerprint density at radius 1 is 1.09 bits per heavy atom. The Labute approximate surface area is 198 Å². The third-order valence-electron chi connectivity index (χ3n) is 7.43. The van der Waals surface area contributed by atoms with Gasteiger partial charge in [0.1, 0.15) is 0 Å². The number of esters is 1. The van der Waals surface area contributed by atoms with Gasteiger partial charge in [0, 0.05) is 19.1 Å². The lowest BCUT2D eigenvalue weighted by Gasteiger charge is -2.35. The molecular weight excluding hydrogens is 440 g/mol. The van der Waals surface area contributed by atoms with Gasteiger partial charge in [-0.05, 0) is 63.5 Å². The first-order chi connectivity index (χ1) is 15.5. The smallest absolute Gasteiger partial charge is 0.309 e. The zero-order chi connectivity index (χ0) is 24.3. The molecule has 2 aliphatic rings. The Bertz CT molecular complexity index is 969. The lowest BCUT2D eigenvalue weighted by Crippen LogP contribution is -2.48. The second-order valence-electron chi connectivity index (χ2n) is 9.91. The third-order valence-corrected chi connectivity index (χ3v) is 9.49. The van der Waals surface area contributed by atoms with Gasteiger partial charge in [0.2, 0.25) is 10.0 Å². The summed E-state index contributed by atoms with van der Waals surface area (Å²) in [4.78, 5) is 25.6. The molecule has 1 N–H and O–H groups in total. The number of piperidine rings is 1. The minimum Gasteiger partial charge on any atom is -0.452 e. The summed E-state index contributed by atoms with van der Waals surface area (Å²) >= 11 is 0. The summed E-state index contributed by atoms with van der Waals surface area (Å²) in [5.41, 5.74) is 1.73. The summed E-state index contributed by atoms with van der Waals surface area (Å²) in [6.07, 6.45) is 3.12. The van der Waals surface area contributed by atoms with E-state index >= 15 is 0 Å². The van der Waals surface area contributed by atoms with Crippen LogP contribution in [0.3, 0.4) is 0 Å². The van der Waals surface area contributed by atoms with Crippen LogP contribution in [-0.4, -0.2) is 49.8 Å². The molecule has 7 nitrogen and oxygen atoms in total. The Morgan fingerprint density at radius 2 is 1.76 bits per heavy atom. The van der Waals surface area contributed by atoms with Gasteiger partial charge in [0.05, 0.1) is 10.8 Å². The summed E-state index contributed by atoms with van der Waals surface area (Å²) in [7, 11) is -3.60. The predicted molar refractivity (Wildman–Crippen MR) is 127 cm³/mol. The molecular formula is C25H38N2O5S. The molecule has 184 valence electrons. The first kappa shape index (κ1) is 25.7. The van der Waals surface area contributed by atoms with Crippen LogP contribution in [0.5, 0.6) is 0 Å². The SMILES string of the molecule is Cc1ccc(S(=O)(=O)N2CCC(C(=O)OC(C)C(=O)NC3CCCC(C)C3C)CC2)c(C)c1. The van der Waals surface area contributed by atoms with Crippen molar-refractivity contribution in [1.29, 1.82) is 0 Å². The molecule has 1 aliphatic heterocycles. The average molecular weight is 479 g/mol. The first-order valence-electron chi connectivity index (χ1n) is 12.1. The number of benzene rings is 1. The maximum atomic E-state index is 13.1. The number of hydrogen-bond acceptors (Lipinski definition) is 5. The fraction of sp³-hybridized carbons (Fsp3) is 0.680. The molecule has 1 aromatic carbocycles. The van der Waals surface area contributed by atoms with Crippen LogP contribution in [0.15, 0.2) is 23.1 Å². The van der Waals surface area contributed by atoms with E-state index in [0.29, 0.717) is 29.6 Å². The van der Waals surface area contributed by atoms with Gasteiger partial charge in [-0.1, -0.05) is 44.4 Å². The van der Waals surface area contributed by atoms with Crippen molar-refractivity contribution in [2.24, 2.45) is 17.8 Å². The number of amides is 1. The molecule has 8 heteroatoms. The third kappa shape index (κ3) is 5.96. The number of carbonyl (C=O) groups excluding carboxylic acids is 2. The van der Waals surface area contributed by atoms with E-state index in [0.717, 1.165) is 24.0 Å². The van der Waals surface area contributed by atoms with Crippen molar-refractivity contribution in [3.05, 3.63) is 29.3 Å². The van der Waals surface area contributed by atoms with E-state index < -0.39 is 28.0 Å². The van der Waals surface area contributed by atoms with E-state index in [1.54, 1.807) is 26.0 Å². The minimum absolute atomic E-state index is 0.112. The van der Waals surface area contributed by atoms with Gasteiger partial charge in [0.15, 0.2) is 6.10 Å². The standard InChI is InChI=1S/C25H38N2O5S/c1-16-9-10-23(18(3)15-16)33(30,31)27-13-11-21(12-14-27)25(29)32-20(5)24(28)26-22-8-6-7-17(2)19(22)4/h9-10,15,17,19-22H,6-8,11-14H2,1-5H3,(H,26,28). The molecule has 4 unspecified atom stereocenters. The molecule has 3 rings (SSSR count). The monoisotopic (exact) mass is 478 g/mol. The molecule has 33 heavy (non-hydrogen) atoms. The maximum Gasteiger partial charge on any atom is 0.309 e. The summed E-state index contributed by atoms with van der Waals surface area (Å²) in [6, 6.07) is 5.42. The van der Waals surface area contributed by atoms with Crippen LogP contribution >= 0.6 is 0 Å². The number of nitrogens with one attached hydrogen (secondary N) is 1. The van der Waals surface area contributed by atoms with E-state index in [2.05, 4.69) is 19.2 Å². The Balaban J connectivity index is 1.52. The number of hydrogen-bond donors (Lipinski definition) is 1. The molecule has 1 amide bonds. The number of sulfonamides is 1. The molecule has 1 saturated heterocycles. The Kier molecular flexibility index (Phi) is 8.22. The molecule has 0 radical (unpaired) electrons. The van der Waals surface area contributed by atoms with Crippen molar-refractivity contribution in [2.45, 2.75) is 83.8 Å². The molecule has 1 saturated carbocycles. The molecule has 4 atom stereocenters. The van der Waals surface area contributed by atoms with E-state index in [-0.39, 0.29) is 25.0 Å². The van der Waals surface area contributed by atoms with Gasteiger partial charge in [0.25, 0.3) is 5.91 Å². The number of rotatable bonds is 6. The van der Waals surface area contributed by atoms with Crippen molar-refractivity contribution in [1.82, 2.24) is 9.62 Å². The average Bonchev–Trinajstić information content (AvgIpc) is 2.76. The fourth-order valence-electron chi connectivity index (χ4n) is 4.97. The molecule has 1 heterocycles. The highest BCUT2D eigenvalue weighted by atomic mass is 32.2. The van der Waals surface area contributed by atoms with Gasteiger partial charge in [-0.25, -0.2) is 8.42 Å². The Morgan fingerprint density at radius 3 is 2.39 bits per heavy atom. The van der Waals surface area contributed by atoms with E-state index in [4.69, 9.17) is 4.74 Å². The zero-order valence-corrected chi connectivity index (χ0v) is 21.3. The van der Waals surface area contributed by atoms with Gasteiger partial charge in [-0.3, -0.25) is 9.59 Å². The number of ether oxygens (including phenoxy) is 1. The zero-order valence-electron chi connectivity index (χ0n) is 20.5. The van der Waals surface area contributed by atoms with Crippen LogP contribution in [0.1, 0.15) is 64.0 Å². The number of nitrogens with zero attached hydrogens (tertiary/aromatic N) is 1. The molecule has 0 bridgehead atoms. The van der Waals surface area contributed by atoms with Crippen molar-refractivity contribution in [2.75, 3.05) is 13.1 Å². The quantitative estimate of drug-likeness (QED) is 0.631. The van der Waals surface area contributed by atoms with E-state index in [1.807, 2.05) is 13.0 Å². The summed E-state index contributed by atoms with van der Waals surface area (Å²) in [5.74, 6) is -0.129. The number of aryl methyl sites for hydroxylation is 2. The van der Waals surface area contributed by atoms with Gasteiger partial charge in [-0.15, -0.1) is 0 Å². The van der Waals surface area contributed by atoms with Crippen molar-refractivity contribution >= 4 is 21.9 Å². The summed E-state index contributed by atoms with van der Waals surface area (Å²) in [5, 5.41) is 3.06. The van der Waals surface area contributed by atoms with Crippen LogP contribution in [-0.2, 0) is 24.3 Å². The summed E-state index contributed by atoms with van der Waals surface area (Å²) < 4.78 is 33.0. The second-order valence-corrected chi connectivity index (χ2v) is 11.8. The van der Waals surface area contributed by atoms with Crippen LogP contribution in [0.25, 0.3) is 0 Å². The van der Waals surface area contributed by atoms with Gasteiger partial charge >= 0.3 is 5.97 Å². The van der Waals surface area contributed by atoms with Crippen LogP contribution in [0.2, 0.25) is 0 Å². The topological polar surface area (TPSA) is 92.8 Å². The number of carbonyl (C=O) groups is 2. The van der Waals surface area contributed by atoms with Crippen molar-refractivity contribution in [3.63, 3.8) is 0 Å².